The number of halogens is 2. The van der Waals surface area contributed by atoms with E-state index in [1.54, 1.807) is 34.1 Å². The number of fused-ring (bicyclic) bond motifs is 12. The van der Waals surface area contributed by atoms with Crippen molar-refractivity contribution in [2.24, 2.45) is 7.05 Å². The van der Waals surface area contributed by atoms with Gasteiger partial charge in [-0.05, 0) is 124 Å². The molecule has 3 saturated heterocycles. The molecule has 10 aromatic rings. The van der Waals surface area contributed by atoms with Gasteiger partial charge in [-0.25, -0.2) is 13.8 Å². The number of hydrogen-bond donors (Lipinski definition) is 0. The number of para-hydroxylation sites is 5. The van der Waals surface area contributed by atoms with Gasteiger partial charge < -0.3 is 42.9 Å². The maximum absolute atomic E-state index is 14.1. The molecule has 0 N–H and O–H groups in total. The van der Waals surface area contributed by atoms with E-state index < -0.39 is 22.6 Å². The van der Waals surface area contributed by atoms with Crippen molar-refractivity contribution in [3.05, 3.63) is 215 Å². The van der Waals surface area contributed by atoms with Gasteiger partial charge in [-0.1, -0.05) is 47.6 Å². The summed E-state index contributed by atoms with van der Waals surface area (Å²) in [6.45, 7) is 12.1. The van der Waals surface area contributed by atoms with E-state index >= 15 is 0 Å². The summed E-state index contributed by atoms with van der Waals surface area (Å²) in [6, 6.07) is 41.7. The molecule has 3 fully saturated rings. The monoisotopic (exact) mass is 1280 g/mol. The Bertz CT molecular complexity index is 4530. The third-order valence-corrected chi connectivity index (χ3v) is 19.1. The Morgan fingerprint density at radius 3 is 1.85 bits per heavy atom. The highest BCUT2D eigenvalue weighted by atomic mass is 19.1. The Hall–Kier alpha value is -10.6. The predicted molar refractivity (Wildman–Crippen MR) is 350 cm³/mol. The number of carbonyl (C=O) groups excluding carboxylic acids is 3. The third-order valence-electron chi connectivity index (χ3n) is 19.1. The van der Waals surface area contributed by atoms with Crippen molar-refractivity contribution in [1.82, 2.24) is 49.0 Å². The molecule has 3 spiro atoms. The number of hydrogen-bond acceptors (Lipinski definition) is 13. The molecule has 16 rings (SSSR count). The number of piperidine rings is 3. The van der Waals surface area contributed by atoms with Crippen LogP contribution < -0.4 is 23.7 Å². The highest BCUT2D eigenvalue weighted by Crippen LogP contribution is 2.52. The van der Waals surface area contributed by atoms with E-state index in [-0.39, 0.29) is 46.7 Å². The second kappa shape index (κ2) is 25.1. The topological polar surface area (TPSA) is 187 Å². The number of methoxy groups -OCH3 is 1. The van der Waals surface area contributed by atoms with Gasteiger partial charge in [0, 0.05) is 143 Å². The van der Waals surface area contributed by atoms with Crippen LogP contribution in [0.4, 0.5) is 8.78 Å². The summed E-state index contributed by atoms with van der Waals surface area (Å²) in [5.74, 6) is 3.19. The number of carbonyl (C=O) groups is 3. The standard InChI is InChI=1S/C25H21FN4O3.C25H27N3O3.C24H24FN3O3/c1-29-23-18-4-2-3-5-21(18)32-25(19(23)15-27-29)10-12-30(13-11-25)24(31)22-14-20(28-33-22)16-6-8-17(26)9-7-16;1-17(2)30-21-9-8-19(16-18(21)3)23(29)27-13-10-25(11-14-27)24-26-12-15-28(24)20-6-4-5-7-22(20)31-25;1-3-28-21-16-7-4-5-10-20(16)31-24(18(21)15-26-28)11-13-27(14-12-24)23(29)17-8-6-9-19(25)22(17)30-2/h2-9,14-15H,10-13H2,1H3;4-9,12,15-17H,10-11,13-14H2,1-3H3;4-10,15H,3,11-14H2,1-2H3. The molecule has 0 unspecified atom stereocenters. The normalized spacial score (nSPS) is 16.4. The third kappa shape index (κ3) is 11.3. The van der Waals surface area contributed by atoms with E-state index in [9.17, 15) is 23.2 Å². The molecule has 3 amide bonds. The first-order valence-corrected chi connectivity index (χ1v) is 32.3. The zero-order valence-electron chi connectivity index (χ0n) is 53.8. The molecule has 95 heavy (non-hydrogen) atoms. The highest BCUT2D eigenvalue weighted by Gasteiger charge is 2.49. The van der Waals surface area contributed by atoms with Gasteiger partial charge in [0.25, 0.3) is 17.7 Å². The maximum Gasteiger partial charge on any atom is 0.292 e. The van der Waals surface area contributed by atoms with Gasteiger partial charge in [0.05, 0.1) is 48.2 Å². The number of ether oxygens (including phenoxy) is 5. The van der Waals surface area contributed by atoms with E-state index in [2.05, 4.69) is 37.9 Å². The van der Waals surface area contributed by atoms with E-state index in [0.717, 1.165) is 80.3 Å². The summed E-state index contributed by atoms with van der Waals surface area (Å²) in [6.07, 6.45) is 11.7. The summed E-state index contributed by atoms with van der Waals surface area (Å²) >= 11 is 0. The Balaban J connectivity index is 0.000000123. The van der Waals surface area contributed by atoms with Gasteiger partial charge in [0.2, 0.25) is 5.76 Å². The molecule has 6 aromatic carbocycles. The van der Waals surface area contributed by atoms with Crippen LogP contribution in [0.2, 0.25) is 0 Å². The fourth-order valence-electron chi connectivity index (χ4n) is 14.2. The van der Waals surface area contributed by atoms with Gasteiger partial charge in [0.15, 0.2) is 23.0 Å². The first kappa shape index (κ1) is 61.9. The van der Waals surface area contributed by atoms with Crippen LogP contribution >= 0.6 is 0 Å². The molecular formula is C74H72F2N10O9. The minimum Gasteiger partial charge on any atom is -0.493 e. The Kier molecular flexibility index (Phi) is 16.3. The van der Waals surface area contributed by atoms with Crippen LogP contribution in [0.15, 0.2) is 169 Å². The molecule has 0 atom stereocenters. The van der Waals surface area contributed by atoms with Crippen molar-refractivity contribution in [1.29, 1.82) is 0 Å². The number of imidazole rings is 1. The molecular weight excluding hydrogens is 1210 g/mol. The van der Waals surface area contributed by atoms with Crippen LogP contribution in [-0.2, 0) is 30.4 Å². The van der Waals surface area contributed by atoms with E-state index in [1.165, 1.54) is 31.4 Å². The van der Waals surface area contributed by atoms with Gasteiger partial charge in [-0.15, -0.1) is 0 Å². The van der Waals surface area contributed by atoms with Crippen LogP contribution in [0, 0.1) is 18.6 Å². The SMILES string of the molecule is CCn1ncc2c1-c1ccccc1OC21CCN(C(=O)c2cccc(F)c2OC)CC1.Cc1cc(C(=O)N2CCC3(CC2)Oc2ccccc2-n2ccnc23)ccc1OC(C)C.Cn1ncc2c1-c1ccccc1OC21CCN(C(=O)c2cc(-c3ccc(F)cc3)no2)CC1. The zero-order valence-corrected chi connectivity index (χ0v) is 53.8. The Morgan fingerprint density at radius 2 is 1.21 bits per heavy atom. The van der Waals surface area contributed by atoms with Crippen LogP contribution in [0.1, 0.15) is 113 Å². The summed E-state index contributed by atoms with van der Waals surface area (Å²) in [4.78, 5) is 49.4. The lowest BCUT2D eigenvalue weighted by atomic mass is 9.81. The van der Waals surface area contributed by atoms with Gasteiger partial charge in [0.1, 0.15) is 45.7 Å². The molecule has 0 radical (unpaired) electrons. The number of aromatic nitrogens is 7. The quantitative estimate of drug-likeness (QED) is 0.140. The van der Waals surface area contributed by atoms with Crippen molar-refractivity contribution in [3.63, 3.8) is 0 Å². The lowest BCUT2D eigenvalue weighted by Gasteiger charge is -2.44. The second-order valence-electron chi connectivity index (χ2n) is 25.1. The molecule has 6 aliphatic rings. The predicted octanol–water partition coefficient (Wildman–Crippen LogP) is 13.1. The Labute approximate surface area is 548 Å². The smallest absolute Gasteiger partial charge is 0.292 e. The second-order valence-corrected chi connectivity index (χ2v) is 25.1. The van der Waals surface area contributed by atoms with Gasteiger partial charge in [-0.3, -0.25) is 28.3 Å². The average molecular weight is 1280 g/mol. The fraction of sp³-hybridized carbons (Fsp3) is 0.311. The lowest BCUT2D eigenvalue weighted by Crippen LogP contribution is -2.50. The zero-order chi connectivity index (χ0) is 65.8. The lowest BCUT2D eigenvalue weighted by molar-refractivity contribution is -0.0128. The number of aryl methyl sites for hydroxylation is 3. The fourth-order valence-corrected chi connectivity index (χ4v) is 14.2. The van der Waals surface area contributed by atoms with Crippen molar-refractivity contribution < 1.29 is 51.4 Å². The molecule has 4 aromatic heterocycles. The molecule has 21 heteroatoms. The summed E-state index contributed by atoms with van der Waals surface area (Å²) in [5, 5.41) is 13.1. The van der Waals surface area contributed by atoms with E-state index in [0.29, 0.717) is 94.6 Å². The minimum atomic E-state index is -0.536. The largest absolute Gasteiger partial charge is 0.493 e. The van der Waals surface area contributed by atoms with E-state index in [4.69, 9.17) is 28.2 Å². The van der Waals surface area contributed by atoms with Gasteiger partial charge in [-0.2, -0.15) is 10.2 Å². The van der Waals surface area contributed by atoms with Crippen molar-refractivity contribution in [2.75, 3.05) is 46.4 Å². The molecule has 486 valence electrons. The number of nitrogens with zero attached hydrogens (tertiary/aromatic N) is 10. The van der Waals surface area contributed by atoms with Crippen molar-refractivity contribution >= 4 is 17.7 Å². The summed E-state index contributed by atoms with van der Waals surface area (Å²) < 4.78 is 69.2. The Morgan fingerprint density at radius 1 is 0.632 bits per heavy atom. The molecule has 19 nitrogen and oxygen atoms in total. The first-order valence-electron chi connectivity index (χ1n) is 32.3. The molecule has 10 heterocycles. The molecule has 0 bridgehead atoms. The molecule has 6 aliphatic heterocycles. The van der Waals surface area contributed by atoms with E-state index in [1.807, 2.05) is 152 Å². The maximum atomic E-state index is 14.1. The number of benzene rings is 6. The van der Waals surface area contributed by atoms with Crippen molar-refractivity contribution in [3.8, 4) is 68.2 Å². The van der Waals surface area contributed by atoms with Crippen LogP contribution in [-0.4, -0.2) is 119 Å². The summed E-state index contributed by atoms with van der Waals surface area (Å²) in [5.41, 5.74) is 8.94. The van der Waals surface area contributed by atoms with Crippen LogP contribution in [0.25, 0.3) is 39.5 Å². The van der Waals surface area contributed by atoms with Crippen LogP contribution in [0.3, 0.4) is 0 Å². The number of rotatable bonds is 8. The average Bonchev–Trinajstić information content (AvgIpc) is 1.71. The number of amides is 3. The molecule has 0 aliphatic carbocycles. The highest BCUT2D eigenvalue weighted by molar-refractivity contribution is 5.97. The van der Waals surface area contributed by atoms with Gasteiger partial charge >= 0.3 is 0 Å². The minimum absolute atomic E-state index is 0.0119. The first-order chi connectivity index (χ1) is 46.1. The van der Waals surface area contributed by atoms with Crippen molar-refractivity contribution in [2.45, 2.75) is 95.7 Å². The molecule has 0 saturated carbocycles. The van der Waals surface area contributed by atoms with Crippen LogP contribution in [0.5, 0.6) is 28.7 Å². The summed E-state index contributed by atoms with van der Waals surface area (Å²) in [7, 11) is 3.32. The number of likely N-dealkylation sites (tertiary alicyclic amines) is 3.